The van der Waals surface area contributed by atoms with Crippen LogP contribution in [0.5, 0.6) is 0 Å². The predicted molar refractivity (Wildman–Crippen MR) is 54.8 cm³/mol. The molecule has 1 aromatic heterocycles. The summed E-state index contributed by atoms with van der Waals surface area (Å²) in [4.78, 5) is 11.3. The van der Waals surface area contributed by atoms with Gasteiger partial charge in [-0.25, -0.2) is 0 Å². The van der Waals surface area contributed by atoms with Crippen LogP contribution in [-0.2, 0) is 10.3 Å². The summed E-state index contributed by atoms with van der Waals surface area (Å²) in [6.45, 7) is 5.51. The maximum absolute atomic E-state index is 11.3. The first kappa shape index (κ1) is 11.3. The molecule has 4 nitrogen and oxygen atoms in total. The topological polar surface area (TPSA) is 66.0 Å². The fourth-order valence-electron chi connectivity index (χ4n) is 1.30. The molecule has 0 saturated carbocycles. The van der Waals surface area contributed by atoms with Gasteiger partial charge in [0.2, 0.25) is 5.91 Å². The third-order valence-electron chi connectivity index (χ3n) is 2.05. The lowest BCUT2D eigenvalue weighted by molar-refractivity contribution is -0.122. The molecule has 0 atom stereocenters. The fraction of sp³-hybridized carbons (Fsp3) is 0.455. The van der Waals surface area contributed by atoms with E-state index >= 15 is 0 Å². The van der Waals surface area contributed by atoms with Gasteiger partial charge >= 0.3 is 0 Å². The molecule has 1 N–H and O–H groups in total. The van der Waals surface area contributed by atoms with Crippen molar-refractivity contribution >= 4 is 5.91 Å². The number of amides is 1. The van der Waals surface area contributed by atoms with Gasteiger partial charge in [0.25, 0.3) is 0 Å². The van der Waals surface area contributed by atoms with E-state index < -0.39 is 5.54 Å². The van der Waals surface area contributed by atoms with Crippen molar-refractivity contribution in [3.63, 3.8) is 0 Å². The zero-order chi connectivity index (χ0) is 11.5. The Morgan fingerprint density at radius 2 is 2.27 bits per heavy atom. The number of carbonyl (C=O) groups excluding carboxylic acids is 1. The van der Waals surface area contributed by atoms with Crippen molar-refractivity contribution in [3.8, 4) is 6.07 Å². The number of hydrogen-bond acceptors (Lipinski definition) is 3. The van der Waals surface area contributed by atoms with Gasteiger partial charge in [0, 0.05) is 0 Å². The third kappa shape index (κ3) is 2.84. The molecule has 0 radical (unpaired) electrons. The van der Waals surface area contributed by atoms with E-state index in [-0.39, 0.29) is 12.3 Å². The first-order valence-electron chi connectivity index (χ1n) is 4.70. The Hall–Kier alpha value is -1.76. The van der Waals surface area contributed by atoms with Crippen molar-refractivity contribution in [2.45, 2.75) is 32.7 Å². The van der Waals surface area contributed by atoms with E-state index in [0.29, 0.717) is 5.76 Å². The molecule has 1 aromatic rings. The van der Waals surface area contributed by atoms with Gasteiger partial charge in [-0.1, -0.05) is 0 Å². The molecule has 0 aliphatic carbocycles. The van der Waals surface area contributed by atoms with Crippen molar-refractivity contribution in [1.29, 1.82) is 5.26 Å². The van der Waals surface area contributed by atoms with Gasteiger partial charge in [0.05, 0.1) is 11.6 Å². The summed E-state index contributed by atoms with van der Waals surface area (Å²) >= 11 is 0. The van der Waals surface area contributed by atoms with Crippen molar-refractivity contribution in [1.82, 2.24) is 5.32 Å². The van der Waals surface area contributed by atoms with Crippen LogP contribution in [0.2, 0.25) is 0 Å². The van der Waals surface area contributed by atoms with Crippen LogP contribution in [0.25, 0.3) is 0 Å². The van der Waals surface area contributed by atoms with Crippen molar-refractivity contribution < 1.29 is 9.21 Å². The normalized spacial score (nSPS) is 10.8. The molecular weight excluding hydrogens is 192 g/mol. The molecule has 1 heterocycles. The molecule has 0 spiro atoms. The van der Waals surface area contributed by atoms with Crippen LogP contribution in [0.4, 0.5) is 0 Å². The number of nitriles is 1. The predicted octanol–water partition coefficient (Wildman–Crippen LogP) is 1.85. The van der Waals surface area contributed by atoms with E-state index in [1.807, 2.05) is 32.9 Å². The molecule has 0 fully saturated rings. The second kappa shape index (κ2) is 4.18. The first-order chi connectivity index (χ1) is 6.95. The summed E-state index contributed by atoms with van der Waals surface area (Å²) in [5.74, 6) is 1.19. The molecule has 15 heavy (non-hydrogen) atoms. The quantitative estimate of drug-likeness (QED) is 0.820. The van der Waals surface area contributed by atoms with E-state index in [1.165, 1.54) is 0 Å². The summed E-state index contributed by atoms with van der Waals surface area (Å²) in [6, 6.07) is 5.47. The van der Waals surface area contributed by atoms with Crippen molar-refractivity contribution in [3.05, 3.63) is 23.7 Å². The minimum absolute atomic E-state index is 0.136. The van der Waals surface area contributed by atoms with Crippen LogP contribution in [0, 0.1) is 18.3 Å². The lowest BCUT2D eigenvalue weighted by Gasteiger charge is -2.23. The first-order valence-corrected chi connectivity index (χ1v) is 4.70. The van der Waals surface area contributed by atoms with Gasteiger partial charge in [0.1, 0.15) is 17.9 Å². The molecule has 0 bridgehead atoms. The van der Waals surface area contributed by atoms with E-state index in [2.05, 4.69) is 5.32 Å². The number of carbonyl (C=O) groups is 1. The molecule has 0 aromatic carbocycles. The van der Waals surface area contributed by atoms with E-state index in [0.717, 1.165) is 5.76 Å². The molecule has 0 unspecified atom stereocenters. The van der Waals surface area contributed by atoms with Crippen LogP contribution < -0.4 is 5.32 Å². The molecule has 4 heteroatoms. The average molecular weight is 206 g/mol. The van der Waals surface area contributed by atoms with Gasteiger partial charge in [-0.3, -0.25) is 4.79 Å². The molecule has 1 rings (SSSR count). The zero-order valence-corrected chi connectivity index (χ0v) is 9.13. The Labute approximate surface area is 88.9 Å². The Balaban J connectivity index is 2.76. The number of aryl methyl sites for hydroxylation is 1. The van der Waals surface area contributed by atoms with Crippen molar-refractivity contribution in [2.75, 3.05) is 0 Å². The van der Waals surface area contributed by atoms with Gasteiger partial charge in [0.15, 0.2) is 0 Å². The molecule has 80 valence electrons. The van der Waals surface area contributed by atoms with Gasteiger partial charge in [-0.05, 0) is 32.9 Å². The van der Waals surface area contributed by atoms with Gasteiger partial charge in [-0.2, -0.15) is 5.26 Å². The van der Waals surface area contributed by atoms with E-state index in [1.54, 1.807) is 6.07 Å². The van der Waals surface area contributed by atoms with Crippen LogP contribution in [0.15, 0.2) is 16.5 Å². The Morgan fingerprint density at radius 3 is 2.73 bits per heavy atom. The molecule has 0 aliphatic rings. The van der Waals surface area contributed by atoms with E-state index in [9.17, 15) is 4.79 Å². The highest BCUT2D eigenvalue weighted by Crippen LogP contribution is 2.22. The summed E-state index contributed by atoms with van der Waals surface area (Å²) in [5.41, 5.74) is -0.581. The summed E-state index contributed by atoms with van der Waals surface area (Å²) < 4.78 is 5.43. The smallest absolute Gasteiger partial charge is 0.235 e. The number of furan rings is 1. The molecule has 0 aliphatic heterocycles. The van der Waals surface area contributed by atoms with Crippen LogP contribution in [0.1, 0.15) is 31.8 Å². The minimum Gasteiger partial charge on any atom is -0.464 e. The highest BCUT2D eigenvalue weighted by Gasteiger charge is 2.25. The molecule has 0 saturated heterocycles. The standard InChI is InChI=1S/C11H14N2O2/c1-8-4-5-9(15-8)11(2,3)13-10(14)6-7-12/h4-5H,6H2,1-3H3,(H,13,14). The summed E-state index contributed by atoms with van der Waals surface area (Å²) in [7, 11) is 0. The Morgan fingerprint density at radius 1 is 1.60 bits per heavy atom. The Bertz CT molecular complexity index is 399. The monoisotopic (exact) mass is 206 g/mol. The highest BCUT2D eigenvalue weighted by molar-refractivity contribution is 5.78. The highest BCUT2D eigenvalue weighted by atomic mass is 16.3. The second-order valence-corrected chi connectivity index (χ2v) is 3.92. The zero-order valence-electron chi connectivity index (χ0n) is 9.13. The lowest BCUT2D eigenvalue weighted by Crippen LogP contribution is -2.40. The SMILES string of the molecule is Cc1ccc(C(C)(C)NC(=O)CC#N)o1. The third-order valence-corrected chi connectivity index (χ3v) is 2.05. The molecule has 1 amide bonds. The van der Waals surface area contributed by atoms with Gasteiger partial charge in [-0.15, -0.1) is 0 Å². The minimum atomic E-state index is -0.581. The fourth-order valence-corrected chi connectivity index (χ4v) is 1.30. The molecular formula is C11H14N2O2. The number of hydrogen-bond donors (Lipinski definition) is 1. The van der Waals surface area contributed by atoms with E-state index in [4.69, 9.17) is 9.68 Å². The maximum Gasteiger partial charge on any atom is 0.235 e. The summed E-state index contributed by atoms with van der Waals surface area (Å²) in [5, 5.41) is 11.1. The largest absolute Gasteiger partial charge is 0.464 e. The van der Waals surface area contributed by atoms with Gasteiger partial charge < -0.3 is 9.73 Å². The second-order valence-electron chi connectivity index (χ2n) is 3.92. The number of rotatable bonds is 3. The number of nitrogens with one attached hydrogen (secondary N) is 1. The average Bonchev–Trinajstić information content (AvgIpc) is 2.51. The van der Waals surface area contributed by atoms with Crippen LogP contribution in [-0.4, -0.2) is 5.91 Å². The summed E-state index contributed by atoms with van der Waals surface area (Å²) in [6.07, 6.45) is -0.136. The maximum atomic E-state index is 11.3. The lowest BCUT2D eigenvalue weighted by atomic mass is 10.0. The Kier molecular flexibility index (Phi) is 3.15. The van der Waals surface area contributed by atoms with Crippen molar-refractivity contribution in [2.24, 2.45) is 0 Å². The van der Waals surface area contributed by atoms with Crippen LogP contribution in [0.3, 0.4) is 0 Å². The number of nitrogens with zero attached hydrogens (tertiary/aromatic N) is 1. The van der Waals surface area contributed by atoms with Crippen LogP contribution >= 0.6 is 0 Å².